The second kappa shape index (κ2) is 6.69. The Hall–Kier alpha value is -1.64. The molecule has 1 aliphatic carbocycles. The van der Waals surface area contributed by atoms with Gasteiger partial charge in [-0.05, 0) is 55.4 Å². The average molecular weight is 275 g/mol. The zero-order chi connectivity index (χ0) is 14.5. The summed E-state index contributed by atoms with van der Waals surface area (Å²) < 4.78 is 13.0. The molecule has 2 rings (SSSR count). The van der Waals surface area contributed by atoms with E-state index in [4.69, 9.17) is 0 Å². The molecule has 1 saturated carbocycles. The van der Waals surface area contributed by atoms with Gasteiger partial charge in [0.25, 0.3) is 0 Å². The molecule has 0 aromatic heterocycles. The van der Waals surface area contributed by atoms with Gasteiger partial charge in [-0.15, -0.1) is 0 Å². The molecule has 1 aromatic carbocycles. The van der Waals surface area contributed by atoms with E-state index >= 15 is 0 Å². The SMILES string of the molecule is CC1CCC(N(C)C(=O)/C=C/c2cccc(F)c2)CC1. The lowest BCUT2D eigenvalue weighted by Crippen LogP contribution is -2.38. The number of carbonyl (C=O) groups is 1. The predicted molar refractivity (Wildman–Crippen MR) is 79.6 cm³/mol. The number of nitrogens with zero attached hydrogens (tertiary/aromatic N) is 1. The maximum Gasteiger partial charge on any atom is 0.246 e. The van der Waals surface area contributed by atoms with Crippen LogP contribution in [0.1, 0.15) is 38.2 Å². The number of carbonyl (C=O) groups excluding carboxylic acids is 1. The summed E-state index contributed by atoms with van der Waals surface area (Å²) in [6.07, 6.45) is 7.75. The van der Waals surface area contributed by atoms with Crippen LogP contribution >= 0.6 is 0 Å². The smallest absolute Gasteiger partial charge is 0.246 e. The topological polar surface area (TPSA) is 20.3 Å². The molecule has 1 aromatic rings. The Kier molecular flexibility index (Phi) is 4.94. The molecule has 0 radical (unpaired) electrons. The van der Waals surface area contributed by atoms with Gasteiger partial charge in [-0.3, -0.25) is 4.79 Å². The first-order chi connectivity index (χ1) is 9.56. The second-order valence-electron chi connectivity index (χ2n) is 5.75. The third-order valence-electron chi connectivity index (χ3n) is 4.15. The summed E-state index contributed by atoms with van der Waals surface area (Å²) in [4.78, 5) is 13.9. The van der Waals surface area contributed by atoms with Crippen LogP contribution in [0.25, 0.3) is 6.08 Å². The van der Waals surface area contributed by atoms with E-state index in [0.717, 1.165) is 18.8 Å². The molecule has 2 nitrogen and oxygen atoms in total. The minimum Gasteiger partial charge on any atom is -0.339 e. The Balaban J connectivity index is 1.94. The average Bonchev–Trinajstić information content (AvgIpc) is 2.45. The van der Waals surface area contributed by atoms with E-state index in [1.807, 2.05) is 11.9 Å². The number of benzene rings is 1. The lowest BCUT2D eigenvalue weighted by atomic mass is 9.87. The van der Waals surface area contributed by atoms with Crippen molar-refractivity contribution >= 4 is 12.0 Å². The van der Waals surface area contributed by atoms with Crippen LogP contribution in [0, 0.1) is 11.7 Å². The van der Waals surface area contributed by atoms with Gasteiger partial charge in [-0.1, -0.05) is 19.1 Å². The van der Waals surface area contributed by atoms with Gasteiger partial charge in [0, 0.05) is 19.2 Å². The van der Waals surface area contributed by atoms with Crippen molar-refractivity contribution in [3.05, 3.63) is 41.7 Å². The summed E-state index contributed by atoms with van der Waals surface area (Å²) in [5, 5.41) is 0. The minimum atomic E-state index is -0.283. The van der Waals surface area contributed by atoms with Crippen LogP contribution in [0.3, 0.4) is 0 Å². The second-order valence-corrected chi connectivity index (χ2v) is 5.75. The highest BCUT2D eigenvalue weighted by Gasteiger charge is 2.23. The van der Waals surface area contributed by atoms with Gasteiger partial charge in [0.15, 0.2) is 0 Å². The lowest BCUT2D eigenvalue weighted by Gasteiger charge is -2.33. The molecule has 0 atom stereocenters. The Morgan fingerprint density at radius 2 is 2.00 bits per heavy atom. The molecule has 0 spiro atoms. The van der Waals surface area contributed by atoms with Crippen molar-refractivity contribution in [2.45, 2.75) is 38.6 Å². The molecule has 1 aliphatic rings. The first-order valence-corrected chi connectivity index (χ1v) is 7.26. The van der Waals surface area contributed by atoms with E-state index < -0.39 is 0 Å². The van der Waals surface area contributed by atoms with Crippen LogP contribution in [-0.4, -0.2) is 23.9 Å². The maximum atomic E-state index is 13.0. The van der Waals surface area contributed by atoms with Crippen molar-refractivity contribution in [2.75, 3.05) is 7.05 Å². The highest BCUT2D eigenvalue weighted by Crippen LogP contribution is 2.26. The summed E-state index contributed by atoms with van der Waals surface area (Å²) in [6.45, 7) is 2.27. The number of hydrogen-bond acceptors (Lipinski definition) is 1. The quantitative estimate of drug-likeness (QED) is 0.767. The van der Waals surface area contributed by atoms with Crippen LogP contribution in [0.5, 0.6) is 0 Å². The lowest BCUT2D eigenvalue weighted by molar-refractivity contribution is -0.127. The third kappa shape index (κ3) is 3.92. The molecule has 0 bridgehead atoms. The molecular weight excluding hydrogens is 253 g/mol. The van der Waals surface area contributed by atoms with Gasteiger partial charge in [-0.2, -0.15) is 0 Å². The van der Waals surface area contributed by atoms with Crippen molar-refractivity contribution in [3.8, 4) is 0 Å². The first-order valence-electron chi connectivity index (χ1n) is 7.26. The maximum absolute atomic E-state index is 13.0. The zero-order valence-corrected chi connectivity index (χ0v) is 12.2. The number of likely N-dealkylation sites (N-methyl/N-ethyl adjacent to an activating group) is 1. The van der Waals surface area contributed by atoms with Crippen molar-refractivity contribution in [3.63, 3.8) is 0 Å². The Bertz CT molecular complexity index is 490. The summed E-state index contributed by atoms with van der Waals surface area (Å²) in [5.74, 6) is 0.487. The zero-order valence-electron chi connectivity index (χ0n) is 12.2. The monoisotopic (exact) mass is 275 g/mol. The van der Waals surface area contributed by atoms with Crippen molar-refractivity contribution < 1.29 is 9.18 Å². The number of amides is 1. The van der Waals surface area contributed by atoms with Gasteiger partial charge in [-0.25, -0.2) is 4.39 Å². The van der Waals surface area contributed by atoms with Crippen LogP contribution in [-0.2, 0) is 4.79 Å². The van der Waals surface area contributed by atoms with Gasteiger partial charge in [0.1, 0.15) is 5.82 Å². The molecule has 108 valence electrons. The molecule has 0 heterocycles. The largest absolute Gasteiger partial charge is 0.339 e. The van der Waals surface area contributed by atoms with E-state index in [9.17, 15) is 9.18 Å². The van der Waals surface area contributed by atoms with Gasteiger partial charge < -0.3 is 4.90 Å². The molecule has 0 aliphatic heterocycles. The fourth-order valence-corrected chi connectivity index (χ4v) is 2.71. The van der Waals surface area contributed by atoms with Crippen LogP contribution in [0.4, 0.5) is 4.39 Å². The number of halogens is 1. The van der Waals surface area contributed by atoms with Crippen LogP contribution < -0.4 is 0 Å². The highest BCUT2D eigenvalue weighted by atomic mass is 19.1. The predicted octanol–water partition coefficient (Wildman–Crippen LogP) is 3.88. The highest BCUT2D eigenvalue weighted by molar-refractivity contribution is 5.91. The summed E-state index contributed by atoms with van der Waals surface area (Å²) in [6, 6.07) is 6.59. The molecule has 1 fully saturated rings. The molecule has 0 N–H and O–H groups in total. The van der Waals surface area contributed by atoms with Crippen LogP contribution in [0.2, 0.25) is 0 Å². The van der Waals surface area contributed by atoms with Gasteiger partial charge in [0.2, 0.25) is 5.91 Å². The fraction of sp³-hybridized carbons (Fsp3) is 0.471. The van der Waals surface area contributed by atoms with Gasteiger partial charge in [0.05, 0.1) is 0 Å². The van der Waals surface area contributed by atoms with Crippen molar-refractivity contribution in [2.24, 2.45) is 5.92 Å². The first kappa shape index (κ1) is 14.8. The summed E-state index contributed by atoms with van der Waals surface area (Å²) in [7, 11) is 1.86. The standard InChI is InChI=1S/C17H22FNO/c1-13-6-9-16(10-7-13)19(2)17(20)11-8-14-4-3-5-15(18)12-14/h3-5,8,11-13,16H,6-7,9-10H2,1-2H3/b11-8+. The molecule has 0 unspecified atom stereocenters. The third-order valence-corrected chi connectivity index (χ3v) is 4.15. The summed E-state index contributed by atoms with van der Waals surface area (Å²) >= 11 is 0. The van der Waals surface area contributed by atoms with E-state index in [2.05, 4.69) is 6.92 Å². The van der Waals surface area contributed by atoms with E-state index in [1.165, 1.54) is 31.1 Å². The Morgan fingerprint density at radius 3 is 2.65 bits per heavy atom. The van der Waals surface area contributed by atoms with Crippen molar-refractivity contribution in [1.29, 1.82) is 0 Å². The minimum absolute atomic E-state index is 0.00573. The summed E-state index contributed by atoms with van der Waals surface area (Å²) in [5.41, 5.74) is 0.712. The van der Waals surface area contributed by atoms with E-state index in [1.54, 1.807) is 18.2 Å². The Morgan fingerprint density at radius 1 is 1.30 bits per heavy atom. The molecule has 3 heteroatoms. The fourth-order valence-electron chi connectivity index (χ4n) is 2.71. The van der Waals surface area contributed by atoms with E-state index in [-0.39, 0.29) is 11.7 Å². The molecular formula is C17H22FNO. The number of hydrogen-bond donors (Lipinski definition) is 0. The molecule has 20 heavy (non-hydrogen) atoms. The van der Waals surface area contributed by atoms with Crippen molar-refractivity contribution in [1.82, 2.24) is 4.90 Å². The molecule has 1 amide bonds. The van der Waals surface area contributed by atoms with E-state index in [0.29, 0.717) is 11.6 Å². The van der Waals surface area contributed by atoms with Crippen LogP contribution in [0.15, 0.2) is 30.3 Å². The molecule has 0 saturated heterocycles. The van der Waals surface area contributed by atoms with Gasteiger partial charge >= 0.3 is 0 Å². The Labute approximate surface area is 120 Å². The normalized spacial score (nSPS) is 22.9. The number of rotatable bonds is 3.